The Labute approximate surface area is 114 Å². The summed E-state index contributed by atoms with van der Waals surface area (Å²) in [6.07, 6.45) is 3.03. The quantitative estimate of drug-likeness (QED) is 0.572. The summed E-state index contributed by atoms with van der Waals surface area (Å²) >= 11 is 0. The third-order valence-electron chi connectivity index (χ3n) is 2.83. The zero-order chi connectivity index (χ0) is 14.4. The second-order valence-electron chi connectivity index (χ2n) is 4.90. The molecule has 0 spiro atoms. The highest BCUT2D eigenvalue weighted by molar-refractivity contribution is 5.94. The standard InChI is InChI=1S/C13H23N5O/c1-9(2)18(10(3)4)7-8-19-13-11(12(14)15)16-5-6-17-13/h5-6,9-10H,7-8H2,1-4H3,(H3,14,15). The number of aromatic nitrogens is 2. The Kier molecular flexibility index (Phi) is 5.69. The zero-order valence-corrected chi connectivity index (χ0v) is 12.1. The number of nitrogen functional groups attached to an aromatic ring is 1. The van der Waals surface area contributed by atoms with Crippen molar-refractivity contribution >= 4 is 5.84 Å². The van der Waals surface area contributed by atoms with Gasteiger partial charge in [0.15, 0.2) is 5.69 Å². The van der Waals surface area contributed by atoms with Gasteiger partial charge < -0.3 is 10.5 Å². The Morgan fingerprint density at radius 3 is 2.37 bits per heavy atom. The molecule has 1 rings (SSSR count). The van der Waals surface area contributed by atoms with Crippen molar-refractivity contribution in [2.75, 3.05) is 13.2 Å². The minimum atomic E-state index is -0.132. The molecule has 0 saturated carbocycles. The predicted octanol–water partition coefficient (Wildman–Crippen LogP) is 1.26. The molecule has 3 N–H and O–H groups in total. The molecule has 0 fully saturated rings. The fourth-order valence-electron chi connectivity index (χ4n) is 1.98. The van der Waals surface area contributed by atoms with Gasteiger partial charge in [0.05, 0.1) is 0 Å². The number of rotatable bonds is 7. The van der Waals surface area contributed by atoms with E-state index in [0.29, 0.717) is 30.3 Å². The Morgan fingerprint density at radius 1 is 1.26 bits per heavy atom. The van der Waals surface area contributed by atoms with E-state index in [1.807, 2.05) is 0 Å². The van der Waals surface area contributed by atoms with Crippen LogP contribution in [0.4, 0.5) is 0 Å². The minimum Gasteiger partial charge on any atom is -0.475 e. The van der Waals surface area contributed by atoms with Crippen LogP contribution in [-0.4, -0.2) is 45.9 Å². The second-order valence-corrected chi connectivity index (χ2v) is 4.90. The van der Waals surface area contributed by atoms with E-state index in [0.717, 1.165) is 6.54 Å². The molecule has 1 aromatic rings. The van der Waals surface area contributed by atoms with Crippen LogP contribution >= 0.6 is 0 Å². The maximum atomic E-state index is 7.42. The number of hydrogen-bond donors (Lipinski definition) is 2. The Balaban J connectivity index is 2.60. The van der Waals surface area contributed by atoms with Crippen molar-refractivity contribution in [1.29, 1.82) is 5.41 Å². The lowest BCUT2D eigenvalue weighted by Crippen LogP contribution is -2.39. The third-order valence-corrected chi connectivity index (χ3v) is 2.83. The highest BCUT2D eigenvalue weighted by Crippen LogP contribution is 2.11. The molecule has 0 aliphatic carbocycles. The molecule has 0 radical (unpaired) electrons. The molecule has 6 heteroatoms. The van der Waals surface area contributed by atoms with Gasteiger partial charge in [-0.05, 0) is 27.7 Å². The van der Waals surface area contributed by atoms with Gasteiger partial charge in [-0.1, -0.05) is 0 Å². The Bertz CT molecular complexity index is 411. The summed E-state index contributed by atoms with van der Waals surface area (Å²) in [5, 5.41) is 7.42. The van der Waals surface area contributed by atoms with E-state index >= 15 is 0 Å². The first kappa shape index (κ1) is 15.4. The van der Waals surface area contributed by atoms with Gasteiger partial charge in [0.1, 0.15) is 12.4 Å². The van der Waals surface area contributed by atoms with E-state index in [9.17, 15) is 0 Å². The van der Waals surface area contributed by atoms with Crippen molar-refractivity contribution in [3.8, 4) is 5.88 Å². The average molecular weight is 265 g/mol. The molecule has 0 unspecified atom stereocenters. The minimum absolute atomic E-state index is 0.132. The van der Waals surface area contributed by atoms with Gasteiger partial charge in [0.2, 0.25) is 5.88 Å². The van der Waals surface area contributed by atoms with Crippen LogP contribution in [0, 0.1) is 5.41 Å². The molecule has 0 aromatic carbocycles. The largest absolute Gasteiger partial charge is 0.475 e. The van der Waals surface area contributed by atoms with Gasteiger partial charge in [0.25, 0.3) is 0 Å². The number of nitrogens with zero attached hydrogens (tertiary/aromatic N) is 3. The van der Waals surface area contributed by atoms with Gasteiger partial charge in [-0.3, -0.25) is 10.3 Å². The average Bonchev–Trinajstić information content (AvgIpc) is 2.33. The summed E-state index contributed by atoms with van der Waals surface area (Å²) in [7, 11) is 0. The van der Waals surface area contributed by atoms with Crippen LogP contribution in [-0.2, 0) is 0 Å². The lowest BCUT2D eigenvalue weighted by atomic mass is 10.2. The number of ether oxygens (including phenoxy) is 1. The number of amidine groups is 1. The molecule has 106 valence electrons. The van der Waals surface area contributed by atoms with Gasteiger partial charge in [0, 0.05) is 31.0 Å². The SMILES string of the molecule is CC(C)N(CCOc1nccnc1C(=N)N)C(C)C. The molecule has 0 atom stereocenters. The van der Waals surface area contributed by atoms with E-state index in [2.05, 4.69) is 42.6 Å². The molecule has 0 aliphatic heterocycles. The van der Waals surface area contributed by atoms with Gasteiger partial charge in [-0.15, -0.1) is 0 Å². The molecular formula is C13H23N5O. The van der Waals surface area contributed by atoms with E-state index in [1.165, 1.54) is 12.4 Å². The van der Waals surface area contributed by atoms with Crippen LogP contribution in [0.25, 0.3) is 0 Å². The topological polar surface area (TPSA) is 88.1 Å². The normalized spacial score (nSPS) is 11.3. The van der Waals surface area contributed by atoms with Crippen molar-refractivity contribution in [2.45, 2.75) is 39.8 Å². The fraction of sp³-hybridized carbons (Fsp3) is 0.615. The van der Waals surface area contributed by atoms with E-state index in [4.69, 9.17) is 15.9 Å². The Hall–Kier alpha value is -1.69. The summed E-state index contributed by atoms with van der Waals surface area (Å²) in [5.74, 6) is 0.190. The van der Waals surface area contributed by atoms with Crippen LogP contribution in [0.2, 0.25) is 0 Å². The predicted molar refractivity (Wildman–Crippen MR) is 75.5 cm³/mol. The zero-order valence-electron chi connectivity index (χ0n) is 12.1. The highest BCUT2D eigenvalue weighted by Gasteiger charge is 2.14. The molecule has 1 aromatic heterocycles. The molecular weight excluding hydrogens is 242 g/mol. The van der Waals surface area contributed by atoms with E-state index in [-0.39, 0.29) is 5.84 Å². The van der Waals surface area contributed by atoms with Crippen molar-refractivity contribution in [3.05, 3.63) is 18.1 Å². The van der Waals surface area contributed by atoms with Crippen LogP contribution in [0.1, 0.15) is 33.4 Å². The molecule has 19 heavy (non-hydrogen) atoms. The van der Waals surface area contributed by atoms with Crippen LogP contribution in [0.15, 0.2) is 12.4 Å². The van der Waals surface area contributed by atoms with Crippen LogP contribution in [0.3, 0.4) is 0 Å². The summed E-state index contributed by atoms with van der Waals surface area (Å²) in [4.78, 5) is 10.4. The van der Waals surface area contributed by atoms with Crippen molar-refractivity contribution in [1.82, 2.24) is 14.9 Å². The maximum absolute atomic E-state index is 7.42. The molecule has 6 nitrogen and oxygen atoms in total. The second kappa shape index (κ2) is 7.04. The summed E-state index contributed by atoms with van der Waals surface area (Å²) < 4.78 is 5.59. The summed E-state index contributed by atoms with van der Waals surface area (Å²) in [6.45, 7) is 9.91. The third kappa shape index (κ3) is 4.48. The molecule has 0 saturated heterocycles. The van der Waals surface area contributed by atoms with Gasteiger partial charge in [-0.2, -0.15) is 0 Å². The number of nitrogens with two attached hydrogens (primary N) is 1. The lowest BCUT2D eigenvalue weighted by molar-refractivity contribution is 0.140. The molecule has 0 aliphatic rings. The van der Waals surface area contributed by atoms with E-state index in [1.54, 1.807) is 0 Å². The molecule has 0 bridgehead atoms. The van der Waals surface area contributed by atoms with Crippen LogP contribution in [0.5, 0.6) is 5.88 Å². The maximum Gasteiger partial charge on any atom is 0.243 e. The molecule has 0 amide bonds. The molecule has 1 heterocycles. The van der Waals surface area contributed by atoms with Crippen molar-refractivity contribution in [3.63, 3.8) is 0 Å². The van der Waals surface area contributed by atoms with Gasteiger partial charge >= 0.3 is 0 Å². The van der Waals surface area contributed by atoms with Crippen molar-refractivity contribution < 1.29 is 4.74 Å². The van der Waals surface area contributed by atoms with Crippen LogP contribution < -0.4 is 10.5 Å². The smallest absolute Gasteiger partial charge is 0.243 e. The Morgan fingerprint density at radius 2 is 1.84 bits per heavy atom. The fourth-order valence-corrected chi connectivity index (χ4v) is 1.98. The first-order valence-electron chi connectivity index (χ1n) is 6.47. The monoisotopic (exact) mass is 265 g/mol. The summed E-state index contributed by atoms with van der Waals surface area (Å²) in [6, 6.07) is 0.912. The first-order valence-corrected chi connectivity index (χ1v) is 6.47. The number of hydrogen-bond acceptors (Lipinski definition) is 5. The highest BCUT2D eigenvalue weighted by atomic mass is 16.5. The van der Waals surface area contributed by atoms with Gasteiger partial charge in [-0.25, -0.2) is 9.97 Å². The summed E-state index contributed by atoms with van der Waals surface area (Å²) in [5.41, 5.74) is 5.73. The van der Waals surface area contributed by atoms with E-state index < -0.39 is 0 Å². The first-order chi connectivity index (χ1) is 8.93. The number of nitrogens with one attached hydrogen (secondary N) is 1. The van der Waals surface area contributed by atoms with Crippen molar-refractivity contribution in [2.24, 2.45) is 5.73 Å². The lowest BCUT2D eigenvalue weighted by Gasteiger charge is -2.30.